The molecule has 2 N–H and O–H groups in total. The van der Waals surface area contributed by atoms with Gasteiger partial charge in [0, 0.05) is 36.2 Å². The average molecular weight is 393 g/mol. The monoisotopic (exact) mass is 393 g/mol. The van der Waals surface area contributed by atoms with E-state index in [1.807, 2.05) is 36.4 Å². The second kappa shape index (κ2) is 9.45. The van der Waals surface area contributed by atoms with Gasteiger partial charge in [-0.05, 0) is 17.7 Å². The van der Waals surface area contributed by atoms with Gasteiger partial charge in [0.2, 0.25) is 5.75 Å². The summed E-state index contributed by atoms with van der Waals surface area (Å²) in [6.45, 7) is 0.652. The Kier molecular flexibility index (Phi) is 6.52. The molecule has 0 radical (unpaired) electrons. The van der Waals surface area contributed by atoms with E-state index in [1.54, 1.807) is 24.4 Å². The standard InChI is InChI=1S/C22H23N3O4/c1-27-19-12-17(13-20(28-2)21(19)29-3)25-22(26)18-11-16(9-10-23-18)24-14-15-7-5-4-6-8-15/h4-13H,14H2,1-3H3,(H,23,24)(H,25,26). The molecular formula is C22H23N3O4. The molecule has 3 rings (SSSR count). The van der Waals surface area contributed by atoms with Gasteiger partial charge >= 0.3 is 0 Å². The molecule has 0 unspecified atom stereocenters. The van der Waals surface area contributed by atoms with Crippen molar-refractivity contribution in [1.82, 2.24) is 4.98 Å². The van der Waals surface area contributed by atoms with Crippen LogP contribution in [-0.2, 0) is 6.54 Å². The zero-order chi connectivity index (χ0) is 20.6. The molecule has 0 aliphatic heterocycles. The van der Waals surface area contributed by atoms with Gasteiger partial charge in [0.15, 0.2) is 11.5 Å². The number of aromatic nitrogens is 1. The highest BCUT2D eigenvalue weighted by atomic mass is 16.5. The maximum absolute atomic E-state index is 12.7. The van der Waals surface area contributed by atoms with Crippen LogP contribution in [0.1, 0.15) is 16.1 Å². The van der Waals surface area contributed by atoms with E-state index in [0.29, 0.717) is 29.5 Å². The molecule has 0 saturated carbocycles. The van der Waals surface area contributed by atoms with Gasteiger partial charge in [-0.2, -0.15) is 0 Å². The Balaban J connectivity index is 1.74. The summed E-state index contributed by atoms with van der Waals surface area (Å²) < 4.78 is 15.9. The van der Waals surface area contributed by atoms with Crippen LogP contribution >= 0.6 is 0 Å². The fourth-order valence-corrected chi connectivity index (χ4v) is 2.81. The van der Waals surface area contributed by atoms with Crippen molar-refractivity contribution in [2.75, 3.05) is 32.0 Å². The Morgan fingerprint density at radius 1 is 0.897 bits per heavy atom. The topological polar surface area (TPSA) is 81.7 Å². The second-order valence-corrected chi connectivity index (χ2v) is 6.14. The van der Waals surface area contributed by atoms with Gasteiger partial charge in [-0.25, -0.2) is 0 Å². The first-order valence-corrected chi connectivity index (χ1v) is 8.99. The van der Waals surface area contributed by atoms with Gasteiger partial charge < -0.3 is 24.8 Å². The van der Waals surface area contributed by atoms with Gasteiger partial charge in [-0.1, -0.05) is 30.3 Å². The highest BCUT2D eigenvalue weighted by Gasteiger charge is 2.16. The van der Waals surface area contributed by atoms with Crippen LogP contribution in [0.5, 0.6) is 17.2 Å². The Morgan fingerprint density at radius 2 is 1.59 bits per heavy atom. The number of hydrogen-bond donors (Lipinski definition) is 2. The first kappa shape index (κ1) is 20.0. The fraction of sp³-hybridized carbons (Fsp3) is 0.182. The Labute approximate surface area is 169 Å². The molecule has 2 aromatic carbocycles. The number of pyridine rings is 1. The van der Waals surface area contributed by atoms with Gasteiger partial charge in [-0.15, -0.1) is 0 Å². The molecule has 0 atom stereocenters. The van der Waals surface area contributed by atoms with Crippen molar-refractivity contribution in [1.29, 1.82) is 0 Å². The number of nitrogens with one attached hydrogen (secondary N) is 2. The molecule has 0 bridgehead atoms. The van der Waals surface area contributed by atoms with Crippen LogP contribution < -0.4 is 24.8 Å². The highest BCUT2D eigenvalue weighted by molar-refractivity contribution is 6.03. The van der Waals surface area contributed by atoms with Crippen LogP contribution in [-0.4, -0.2) is 32.2 Å². The van der Waals surface area contributed by atoms with Gasteiger partial charge in [0.25, 0.3) is 5.91 Å². The van der Waals surface area contributed by atoms with E-state index in [0.717, 1.165) is 11.3 Å². The number of anilines is 2. The zero-order valence-corrected chi connectivity index (χ0v) is 16.6. The number of nitrogens with zero attached hydrogens (tertiary/aromatic N) is 1. The quantitative estimate of drug-likeness (QED) is 0.603. The molecule has 0 aliphatic carbocycles. The first-order valence-electron chi connectivity index (χ1n) is 8.99. The average Bonchev–Trinajstić information content (AvgIpc) is 2.77. The summed E-state index contributed by atoms with van der Waals surface area (Å²) in [5.74, 6) is 1.02. The third kappa shape index (κ3) is 4.95. The highest BCUT2D eigenvalue weighted by Crippen LogP contribution is 2.40. The predicted octanol–water partition coefficient (Wildman–Crippen LogP) is 3.97. The first-order chi connectivity index (χ1) is 14.1. The van der Waals surface area contributed by atoms with E-state index in [-0.39, 0.29) is 11.6 Å². The molecule has 1 aromatic heterocycles. The smallest absolute Gasteiger partial charge is 0.274 e. The lowest BCUT2D eigenvalue weighted by Crippen LogP contribution is -2.14. The number of hydrogen-bond acceptors (Lipinski definition) is 6. The fourth-order valence-electron chi connectivity index (χ4n) is 2.81. The van der Waals surface area contributed by atoms with E-state index in [9.17, 15) is 4.79 Å². The number of benzene rings is 2. The van der Waals surface area contributed by atoms with Crippen molar-refractivity contribution >= 4 is 17.3 Å². The minimum absolute atomic E-state index is 0.289. The maximum atomic E-state index is 12.7. The summed E-state index contributed by atoms with van der Waals surface area (Å²) in [5.41, 5.74) is 2.75. The van der Waals surface area contributed by atoms with Crippen molar-refractivity contribution in [2.24, 2.45) is 0 Å². The number of methoxy groups -OCH3 is 3. The molecule has 0 aliphatic rings. The molecule has 0 fully saturated rings. The predicted molar refractivity (Wildman–Crippen MR) is 112 cm³/mol. The van der Waals surface area contributed by atoms with Crippen LogP contribution in [0, 0.1) is 0 Å². The summed E-state index contributed by atoms with van der Waals surface area (Å²) in [6.07, 6.45) is 1.59. The molecule has 7 heteroatoms. The molecule has 0 spiro atoms. The Morgan fingerprint density at radius 3 is 2.21 bits per heavy atom. The van der Waals surface area contributed by atoms with E-state index < -0.39 is 0 Å². The van der Waals surface area contributed by atoms with Crippen LogP contribution in [0.2, 0.25) is 0 Å². The van der Waals surface area contributed by atoms with Crippen LogP contribution in [0.25, 0.3) is 0 Å². The third-order valence-electron chi connectivity index (χ3n) is 4.25. The Bertz CT molecular complexity index is 952. The lowest BCUT2D eigenvalue weighted by molar-refractivity contribution is 0.102. The van der Waals surface area contributed by atoms with Crippen molar-refractivity contribution < 1.29 is 19.0 Å². The molecule has 3 aromatic rings. The van der Waals surface area contributed by atoms with Crippen molar-refractivity contribution in [3.8, 4) is 17.2 Å². The minimum atomic E-state index is -0.345. The van der Waals surface area contributed by atoms with E-state index in [4.69, 9.17) is 14.2 Å². The molecular weight excluding hydrogens is 370 g/mol. The molecule has 0 saturated heterocycles. The summed E-state index contributed by atoms with van der Waals surface area (Å²) >= 11 is 0. The lowest BCUT2D eigenvalue weighted by atomic mass is 10.2. The molecule has 1 heterocycles. The molecule has 29 heavy (non-hydrogen) atoms. The largest absolute Gasteiger partial charge is 0.493 e. The van der Waals surface area contributed by atoms with Gasteiger partial charge in [0.05, 0.1) is 21.3 Å². The van der Waals surface area contributed by atoms with Crippen LogP contribution in [0.15, 0.2) is 60.8 Å². The molecule has 7 nitrogen and oxygen atoms in total. The lowest BCUT2D eigenvalue weighted by Gasteiger charge is -2.14. The zero-order valence-electron chi connectivity index (χ0n) is 16.6. The Hall–Kier alpha value is -3.74. The minimum Gasteiger partial charge on any atom is -0.493 e. The number of ether oxygens (including phenoxy) is 3. The van der Waals surface area contributed by atoms with Gasteiger partial charge in [-0.3, -0.25) is 9.78 Å². The van der Waals surface area contributed by atoms with E-state index >= 15 is 0 Å². The van der Waals surface area contributed by atoms with Crippen LogP contribution in [0.4, 0.5) is 11.4 Å². The van der Waals surface area contributed by atoms with Crippen molar-refractivity contribution in [3.05, 3.63) is 72.1 Å². The van der Waals surface area contributed by atoms with Crippen LogP contribution in [0.3, 0.4) is 0 Å². The normalized spacial score (nSPS) is 10.2. The SMILES string of the molecule is COc1cc(NC(=O)c2cc(NCc3ccccc3)ccn2)cc(OC)c1OC. The van der Waals surface area contributed by atoms with Crippen molar-refractivity contribution in [2.45, 2.75) is 6.54 Å². The molecule has 150 valence electrons. The summed E-state index contributed by atoms with van der Waals surface area (Å²) in [6, 6.07) is 16.9. The number of carbonyl (C=O) groups excluding carboxylic acids is 1. The summed E-state index contributed by atoms with van der Waals surface area (Å²) in [4.78, 5) is 16.9. The van der Waals surface area contributed by atoms with Crippen molar-refractivity contribution in [3.63, 3.8) is 0 Å². The third-order valence-corrected chi connectivity index (χ3v) is 4.25. The summed E-state index contributed by atoms with van der Waals surface area (Å²) in [7, 11) is 4.56. The van der Waals surface area contributed by atoms with E-state index in [2.05, 4.69) is 15.6 Å². The van der Waals surface area contributed by atoms with Gasteiger partial charge in [0.1, 0.15) is 5.69 Å². The number of rotatable bonds is 8. The number of carbonyl (C=O) groups is 1. The molecule has 1 amide bonds. The maximum Gasteiger partial charge on any atom is 0.274 e. The summed E-state index contributed by atoms with van der Waals surface area (Å²) in [5, 5.41) is 6.11. The number of amides is 1. The van der Waals surface area contributed by atoms with E-state index in [1.165, 1.54) is 21.3 Å². The second-order valence-electron chi connectivity index (χ2n) is 6.14.